The molecule has 0 saturated carbocycles. The third-order valence-electron chi connectivity index (χ3n) is 1.80. The van der Waals surface area contributed by atoms with Crippen LogP contribution in [0.25, 0.3) is 0 Å². The van der Waals surface area contributed by atoms with Crippen molar-refractivity contribution < 1.29 is 32.7 Å². The zero-order chi connectivity index (χ0) is 13.6. The van der Waals surface area contributed by atoms with E-state index >= 15 is 0 Å². The molecule has 0 aliphatic rings. The Bertz CT molecular complexity index is 448. The van der Waals surface area contributed by atoms with Gasteiger partial charge >= 0.3 is 19.9 Å². The van der Waals surface area contributed by atoms with Crippen LogP contribution in [0.2, 0.25) is 0 Å². The van der Waals surface area contributed by atoms with Crippen LogP contribution in [-0.4, -0.2) is 26.5 Å². The van der Waals surface area contributed by atoms with Gasteiger partial charge in [0.05, 0.1) is 19.5 Å². The zero-order valence-electron chi connectivity index (χ0n) is 9.69. The molecule has 0 aliphatic heterocycles. The third kappa shape index (κ3) is 3.49. The average molecular weight is 274 g/mol. The van der Waals surface area contributed by atoms with Crippen LogP contribution >= 0.6 is 7.60 Å². The van der Waals surface area contributed by atoms with Crippen molar-refractivity contribution in [2.45, 2.75) is 0 Å². The molecule has 1 aromatic carbocycles. The lowest BCUT2D eigenvalue weighted by atomic mass is 10.4. The molecule has 1 aromatic rings. The molecular formula is C10H11O7P. The molecule has 0 atom stereocenters. The normalized spacial score (nSPS) is 10.3. The summed E-state index contributed by atoms with van der Waals surface area (Å²) in [5, 5.41) is 0.0285. The molecule has 18 heavy (non-hydrogen) atoms. The highest BCUT2D eigenvalue weighted by Gasteiger charge is 2.36. The lowest BCUT2D eigenvalue weighted by molar-refractivity contribution is 0.0992. The summed E-state index contributed by atoms with van der Waals surface area (Å²) in [6, 6.07) is 7.51. The van der Waals surface area contributed by atoms with Crippen LogP contribution in [-0.2, 0) is 23.1 Å². The van der Waals surface area contributed by atoms with Gasteiger partial charge in [0, 0.05) is 0 Å². The largest absolute Gasteiger partial charge is 0.515 e. The number of methoxy groups -OCH3 is 2. The minimum absolute atomic E-state index is 0.0285. The van der Waals surface area contributed by atoms with Crippen molar-refractivity contribution in [2.24, 2.45) is 0 Å². The fourth-order valence-electron chi connectivity index (χ4n) is 1.01. The van der Waals surface area contributed by atoms with Crippen LogP contribution in [0, 0.1) is 0 Å². The highest BCUT2D eigenvalue weighted by Crippen LogP contribution is 2.47. The Balaban J connectivity index is 3.05. The maximum Gasteiger partial charge on any atom is 0.515 e. The molecule has 0 amide bonds. The van der Waals surface area contributed by atoms with Crippen LogP contribution in [0.15, 0.2) is 30.3 Å². The molecule has 0 radical (unpaired) electrons. The molecule has 0 fully saturated rings. The Labute approximate surface area is 103 Å². The SMILES string of the molecule is COC(=O)OP(=O)(OC(=O)OC)c1ccccc1. The van der Waals surface area contributed by atoms with Gasteiger partial charge in [-0.05, 0) is 12.1 Å². The van der Waals surface area contributed by atoms with Gasteiger partial charge in [0.2, 0.25) is 0 Å². The summed E-state index contributed by atoms with van der Waals surface area (Å²) in [6.07, 6.45) is -2.46. The molecule has 0 aliphatic carbocycles. The first kappa shape index (κ1) is 14.1. The van der Waals surface area contributed by atoms with Gasteiger partial charge in [-0.3, -0.25) is 0 Å². The van der Waals surface area contributed by atoms with Crippen LogP contribution < -0.4 is 5.30 Å². The van der Waals surface area contributed by atoms with E-state index in [1.54, 1.807) is 18.2 Å². The summed E-state index contributed by atoms with van der Waals surface area (Å²) in [6.45, 7) is 0. The van der Waals surface area contributed by atoms with E-state index in [0.717, 1.165) is 14.2 Å². The molecule has 0 N–H and O–H groups in total. The van der Waals surface area contributed by atoms with E-state index in [0.29, 0.717) is 0 Å². The first-order valence-corrected chi connectivity index (χ1v) is 6.27. The third-order valence-corrected chi connectivity index (χ3v) is 3.50. The topological polar surface area (TPSA) is 88.1 Å². The second-order valence-corrected chi connectivity index (χ2v) is 4.80. The molecule has 1 rings (SSSR count). The fourth-order valence-corrected chi connectivity index (χ4v) is 2.33. The van der Waals surface area contributed by atoms with E-state index in [1.807, 2.05) is 0 Å². The summed E-state index contributed by atoms with van der Waals surface area (Å²) >= 11 is 0. The number of benzene rings is 1. The van der Waals surface area contributed by atoms with Crippen molar-refractivity contribution in [3.63, 3.8) is 0 Å². The van der Waals surface area contributed by atoms with E-state index in [1.165, 1.54) is 12.1 Å². The van der Waals surface area contributed by atoms with Crippen molar-refractivity contribution in [2.75, 3.05) is 14.2 Å². The monoisotopic (exact) mass is 274 g/mol. The highest BCUT2D eigenvalue weighted by atomic mass is 31.2. The number of carbonyl (C=O) groups excluding carboxylic acids is 2. The van der Waals surface area contributed by atoms with Crippen LogP contribution in [0.4, 0.5) is 9.59 Å². The maximum absolute atomic E-state index is 12.3. The fraction of sp³-hybridized carbons (Fsp3) is 0.200. The van der Waals surface area contributed by atoms with Gasteiger partial charge in [-0.2, -0.15) is 0 Å². The standard InChI is InChI=1S/C10H11O7P/c1-14-9(11)16-18(13,17-10(12)15-2)8-6-4-3-5-7-8/h3-7H,1-2H3. The van der Waals surface area contributed by atoms with Gasteiger partial charge < -0.3 is 18.5 Å². The van der Waals surface area contributed by atoms with E-state index in [-0.39, 0.29) is 5.30 Å². The summed E-state index contributed by atoms with van der Waals surface area (Å²) in [5.74, 6) is 0. The summed E-state index contributed by atoms with van der Waals surface area (Å²) < 4.78 is 29.8. The Kier molecular flexibility index (Phi) is 4.74. The van der Waals surface area contributed by atoms with Crippen molar-refractivity contribution in [3.8, 4) is 0 Å². The number of ether oxygens (including phenoxy) is 2. The maximum atomic E-state index is 12.3. The smallest absolute Gasteiger partial charge is 0.437 e. The van der Waals surface area contributed by atoms with Gasteiger partial charge in [0.1, 0.15) is 0 Å². The van der Waals surface area contributed by atoms with Crippen molar-refractivity contribution in [1.29, 1.82) is 0 Å². The molecule has 0 aromatic heterocycles. The quantitative estimate of drug-likeness (QED) is 0.615. The molecule has 7 nitrogen and oxygen atoms in total. The van der Waals surface area contributed by atoms with Crippen LogP contribution in [0.5, 0.6) is 0 Å². The predicted octanol–water partition coefficient (Wildman–Crippen LogP) is 2.07. The zero-order valence-corrected chi connectivity index (χ0v) is 10.6. The van der Waals surface area contributed by atoms with Gasteiger partial charge in [-0.1, -0.05) is 18.2 Å². The Hall–Kier alpha value is -2.01. The van der Waals surface area contributed by atoms with E-state index < -0.39 is 19.9 Å². The first-order chi connectivity index (χ1) is 8.51. The Morgan fingerprint density at radius 2 is 1.39 bits per heavy atom. The van der Waals surface area contributed by atoms with Crippen LogP contribution in [0.1, 0.15) is 0 Å². The molecule has 8 heteroatoms. The molecule has 0 bridgehead atoms. The second-order valence-electron chi connectivity index (χ2n) is 2.92. The lowest BCUT2D eigenvalue weighted by Crippen LogP contribution is -2.17. The molecule has 98 valence electrons. The van der Waals surface area contributed by atoms with Gasteiger partial charge in [0.15, 0.2) is 0 Å². The summed E-state index contributed by atoms with van der Waals surface area (Å²) in [5.41, 5.74) is 0. The van der Waals surface area contributed by atoms with Crippen molar-refractivity contribution in [3.05, 3.63) is 30.3 Å². The molecule has 0 unspecified atom stereocenters. The highest BCUT2D eigenvalue weighted by molar-refractivity contribution is 7.63. The second kappa shape index (κ2) is 6.07. The Morgan fingerprint density at radius 3 is 1.78 bits per heavy atom. The van der Waals surface area contributed by atoms with Crippen molar-refractivity contribution >= 4 is 25.2 Å². The van der Waals surface area contributed by atoms with Gasteiger partial charge in [-0.25, -0.2) is 14.2 Å². The van der Waals surface area contributed by atoms with E-state index in [9.17, 15) is 14.2 Å². The van der Waals surface area contributed by atoms with Crippen LogP contribution in [0.3, 0.4) is 0 Å². The van der Waals surface area contributed by atoms with Gasteiger partial charge in [-0.15, -0.1) is 0 Å². The minimum Gasteiger partial charge on any atom is -0.437 e. The predicted molar refractivity (Wildman–Crippen MR) is 60.7 cm³/mol. The first-order valence-electron chi connectivity index (χ1n) is 4.72. The number of hydrogen-bond donors (Lipinski definition) is 0. The molecule has 0 spiro atoms. The molecule has 0 saturated heterocycles. The number of carbonyl (C=O) groups is 2. The number of rotatable bonds is 3. The molecular weight excluding hydrogens is 263 g/mol. The summed E-state index contributed by atoms with van der Waals surface area (Å²) in [7, 11) is -2.09. The minimum atomic E-state index is -4.17. The lowest BCUT2D eigenvalue weighted by Gasteiger charge is -2.15. The van der Waals surface area contributed by atoms with E-state index in [4.69, 9.17) is 0 Å². The van der Waals surface area contributed by atoms with Gasteiger partial charge in [0.25, 0.3) is 0 Å². The molecule has 0 heterocycles. The summed E-state index contributed by atoms with van der Waals surface area (Å²) in [4.78, 5) is 22.0. The van der Waals surface area contributed by atoms with E-state index in [2.05, 4.69) is 18.5 Å². The average Bonchev–Trinajstić information content (AvgIpc) is 2.39. The Morgan fingerprint density at radius 1 is 0.944 bits per heavy atom. The number of hydrogen-bond acceptors (Lipinski definition) is 7. The van der Waals surface area contributed by atoms with Crippen molar-refractivity contribution in [1.82, 2.24) is 0 Å².